The summed E-state index contributed by atoms with van der Waals surface area (Å²) in [5, 5.41) is 2.76. The molecule has 0 aliphatic carbocycles. The van der Waals surface area contributed by atoms with Gasteiger partial charge >= 0.3 is 11.8 Å². The van der Waals surface area contributed by atoms with E-state index < -0.39 is 11.8 Å². The minimum Gasteiger partial charge on any atom is -0.407 e. The Kier molecular flexibility index (Phi) is 4.76. The highest BCUT2D eigenvalue weighted by Gasteiger charge is 2.21. The van der Waals surface area contributed by atoms with E-state index >= 15 is 0 Å². The fraction of sp³-hybridized carbons (Fsp3) is 0.556. The standard InChI is InChI=1S/C18H25N3O3/c1-12(2)11-19-17(22)21-15-5-4-14(10-16(15)24-18(21)23)13-6-8-20(3)9-7-13/h4-5,10,12-13H,6-9,11H2,1-3H3,(H,19,22). The summed E-state index contributed by atoms with van der Waals surface area (Å²) >= 11 is 0. The van der Waals surface area contributed by atoms with Crippen LogP contribution < -0.4 is 11.1 Å². The molecule has 1 fully saturated rings. The van der Waals surface area contributed by atoms with Gasteiger partial charge in [-0.2, -0.15) is 4.57 Å². The monoisotopic (exact) mass is 331 g/mol. The molecule has 6 heteroatoms. The van der Waals surface area contributed by atoms with Crippen molar-refractivity contribution >= 4 is 17.1 Å². The minimum atomic E-state index is -0.633. The average molecular weight is 331 g/mol. The summed E-state index contributed by atoms with van der Waals surface area (Å²) in [6.45, 7) is 6.68. The second-order valence-electron chi connectivity index (χ2n) is 7.09. The molecule has 1 N–H and O–H groups in total. The number of aromatic nitrogens is 1. The third-order valence-electron chi connectivity index (χ3n) is 4.66. The second kappa shape index (κ2) is 6.81. The summed E-state index contributed by atoms with van der Waals surface area (Å²) < 4.78 is 6.40. The van der Waals surface area contributed by atoms with E-state index in [1.54, 1.807) is 0 Å². The van der Waals surface area contributed by atoms with Gasteiger partial charge in [-0.1, -0.05) is 19.9 Å². The number of oxazole rings is 1. The van der Waals surface area contributed by atoms with Crippen LogP contribution in [0.5, 0.6) is 0 Å². The van der Waals surface area contributed by atoms with Crippen LogP contribution in [0.2, 0.25) is 0 Å². The first kappa shape index (κ1) is 16.8. The first-order valence-corrected chi connectivity index (χ1v) is 8.58. The van der Waals surface area contributed by atoms with Gasteiger partial charge in [0.1, 0.15) is 0 Å². The molecule has 1 amide bonds. The van der Waals surface area contributed by atoms with E-state index in [1.807, 2.05) is 32.0 Å². The van der Waals surface area contributed by atoms with Gasteiger partial charge in [0.05, 0.1) is 5.52 Å². The van der Waals surface area contributed by atoms with Crippen LogP contribution >= 0.6 is 0 Å². The van der Waals surface area contributed by atoms with Gasteiger partial charge in [-0.3, -0.25) is 0 Å². The lowest BCUT2D eigenvalue weighted by Gasteiger charge is -2.29. The van der Waals surface area contributed by atoms with Crippen LogP contribution in [0.4, 0.5) is 4.79 Å². The number of piperidine rings is 1. The molecule has 2 heterocycles. The summed E-state index contributed by atoms with van der Waals surface area (Å²) in [6.07, 6.45) is 2.20. The summed E-state index contributed by atoms with van der Waals surface area (Å²) in [5.41, 5.74) is 2.19. The SMILES string of the molecule is CC(C)CNC(=O)n1c(=O)oc2cc(C3CCN(C)CC3)ccc21. The Labute approximate surface area is 141 Å². The second-order valence-corrected chi connectivity index (χ2v) is 7.09. The smallest absolute Gasteiger partial charge is 0.407 e. The fourth-order valence-electron chi connectivity index (χ4n) is 3.19. The van der Waals surface area contributed by atoms with E-state index in [0.29, 0.717) is 29.5 Å². The molecule has 0 saturated carbocycles. The van der Waals surface area contributed by atoms with Gasteiger partial charge in [0.25, 0.3) is 0 Å². The number of hydrogen-bond acceptors (Lipinski definition) is 4. The molecule has 0 radical (unpaired) electrons. The van der Waals surface area contributed by atoms with Crippen LogP contribution in [0.15, 0.2) is 27.4 Å². The first-order valence-electron chi connectivity index (χ1n) is 8.58. The van der Waals surface area contributed by atoms with Crippen molar-refractivity contribution in [3.05, 3.63) is 34.3 Å². The molecule has 1 aromatic heterocycles. The van der Waals surface area contributed by atoms with Crippen LogP contribution in [0.25, 0.3) is 11.1 Å². The Balaban J connectivity index is 1.87. The summed E-state index contributed by atoms with van der Waals surface area (Å²) in [6, 6.07) is 5.32. The van der Waals surface area contributed by atoms with Gasteiger partial charge in [-0.15, -0.1) is 0 Å². The van der Waals surface area contributed by atoms with E-state index in [0.717, 1.165) is 30.5 Å². The third kappa shape index (κ3) is 3.38. The quantitative estimate of drug-likeness (QED) is 0.939. The first-order chi connectivity index (χ1) is 11.5. The zero-order chi connectivity index (χ0) is 17.3. The van der Waals surface area contributed by atoms with Crippen LogP contribution in [-0.4, -0.2) is 42.2 Å². The van der Waals surface area contributed by atoms with E-state index in [-0.39, 0.29) is 0 Å². The number of nitrogens with zero attached hydrogens (tertiary/aromatic N) is 2. The molecule has 130 valence electrons. The zero-order valence-corrected chi connectivity index (χ0v) is 14.5. The zero-order valence-electron chi connectivity index (χ0n) is 14.5. The van der Waals surface area contributed by atoms with Crippen molar-refractivity contribution in [2.75, 3.05) is 26.7 Å². The molecule has 0 atom stereocenters. The Morgan fingerprint density at radius 1 is 1.33 bits per heavy atom. The summed E-state index contributed by atoms with van der Waals surface area (Å²) in [7, 11) is 2.13. The predicted molar refractivity (Wildman–Crippen MR) is 93.6 cm³/mol. The van der Waals surface area contributed by atoms with Crippen molar-refractivity contribution in [1.29, 1.82) is 0 Å². The number of fused-ring (bicyclic) bond motifs is 1. The van der Waals surface area contributed by atoms with Gasteiger partial charge in [0.15, 0.2) is 5.58 Å². The Hall–Kier alpha value is -2.08. The van der Waals surface area contributed by atoms with E-state index in [1.165, 1.54) is 5.56 Å². The van der Waals surface area contributed by atoms with Crippen LogP contribution in [-0.2, 0) is 0 Å². The highest BCUT2D eigenvalue weighted by atomic mass is 16.4. The molecule has 2 aromatic rings. The summed E-state index contributed by atoms with van der Waals surface area (Å²) in [4.78, 5) is 26.7. The van der Waals surface area contributed by atoms with Gasteiger partial charge in [0, 0.05) is 6.54 Å². The molecule has 1 saturated heterocycles. The van der Waals surface area contributed by atoms with E-state index in [2.05, 4.69) is 17.3 Å². The van der Waals surface area contributed by atoms with Gasteiger partial charge in [0.2, 0.25) is 0 Å². The lowest BCUT2D eigenvalue weighted by atomic mass is 9.89. The van der Waals surface area contributed by atoms with Crippen LogP contribution in [0.1, 0.15) is 38.2 Å². The molecular formula is C18H25N3O3. The molecule has 1 aliphatic rings. The number of hydrogen-bond donors (Lipinski definition) is 1. The molecule has 0 bridgehead atoms. The number of nitrogens with one attached hydrogen (secondary N) is 1. The topological polar surface area (TPSA) is 67.5 Å². The maximum absolute atomic E-state index is 12.3. The van der Waals surface area contributed by atoms with Crippen molar-refractivity contribution in [1.82, 2.24) is 14.8 Å². The predicted octanol–water partition coefficient (Wildman–Crippen LogP) is 2.62. The maximum Gasteiger partial charge on any atom is 0.428 e. The normalized spacial score (nSPS) is 16.8. The maximum atomic E-state index is 12.3. The lowest BCUT2D eigenvalue weighted by Crippen LogP contribution is -2.36. The number of likely N-dealkylation sites (tertiary alicyclic amines) is 1. The van der Waals surface area contributed by atoms with Crippen molar-refractivity contribution < 1.29 is 9.21 Å². The molecule has 0 unspecified atom stereocenters. The molecule has 24 heavy (non-hydrogen) atoms. The highest BCUT2D eigenvalue weighted by molar-refractivity contribution is 5.88. The van der Waals surface area contributed by atoms with E-state index in [4.69, 9.17) is 4.42 Å². The molecule has 0 spiro atoms. The lowest BCUT2D eigenvalue weighted by molar-refractivity contribution is 0.240. The molecule has 1 aromatic carbocycles. The van der Waals surface area contributed by atoms with Crippen LogP contribution in [0, 0.1) is 5.92 Å². The summed E-state index contributed by atoms with van der Waals surface area (Å²) in [5.74, 6) is 0.166. The Morgan fingerprint density at radius 3 is 2.71 bits per heavy atom. The largest absolute Gasteiger partial charge is 0.428 e. The number of amides is 1. The number of carbonyl (C=O) groups excluding carboxylic acids is 1. The average Bonchev–Trinajstić information content (AvgIpc) is 2.88. The molecular weight excluding hydrogens is 306 g/mol. The number of rotatable bonds is 3. The van der Waals surface area contributed by atoms with Crippen molar-refractivity contribution in [2.24, 2.45) is 5.92 Å². The van der Waals surface area contributed by atoms with Gasteiger partial charge < -0.3 is 14.6 Å². The van der Waals surface area contributed by atoms with E-state index in [9.17, 15) is 9.59 Å². The highest BCUT2D eigenvalue weighted by Crippen LogP contribution is 2.29. The van der Waals surface area contributed by atoms with Gasteiger partial charge in [-0.05, 0) is 62.5 Å². The van der Waals surface area contributed by atoms with Gasteiger partial charge in [-0.25, -0.2) is 9.59 Å². The third-order valence-corrected chi connectivity index (χ3v) is 4.66. The number of benzene rings is 1. The Morgan fingerprint density at radius 2 is 2.04 bits per heavy atom. The minimum absolute atomic E-state index is 0.318. The number of carbonyl (C=O) groups is 1. The Bertz CT molecular complexity index is 782. The molecule has 1 aliphatic heterocycles. The molecule has 3 rings (SSSR count). The van der Waals surface area contributed by atoms with Crippen LogP contribution in [0.3, 0.4) is 0 Å². The molecule has 6 nitrogen and oxygen atoms in total. The van der Waals surface area contributed by atoms with Crippen molar-refractivity contribution in [2.45, 2.75) is 32.6 Å². The van der Waals surface area contributed by atoms with Crippen molar-refractivity contribution in [3.8, 4) is 0 Å². The van der Waals surface area contributed by atoms with Crippen molar-refractivity contribution in [3.63, 3.8) is 0 Å². The fourth-order valence-corrected chi connectivity index (χ4v) is 3.19.